The molecule has 0 aromatic carbocycles. The van der Waals surface area contributed by atoms with E-state index in [0.29, 0.717) is 25.7 Å². The lowest BCUT2D eigenvalue weighted by atomic mass is 9.91. The van der Waals surface area contributed by atoms with E-state index in [-0.39, 0.29) is 30.3 Å². The largest absolute Gasteiger partial charge is 0.477 e. The first-order valence-electron chi connectivity index (χ1n) is 16.4. The van der Waals surface area contributed by atoms with Crippen LogP contribution in [0, 0.1) is 0 Å². The molecule has 0 aliphatic carbocycles. The Bertz CT molecular complexity index is 647. The number of carboxylic acids is 3. The molecule has 0 aliphatic rings. The third-order valence-corrected chi connectivity index (χ3v) is 8.34. The van der Waals surface area contributed by atoms with Gasteiger partial charge in [-0.2, -0.15) is 0 Å². The van der Waals surface area contributed by atoms with Crippen LogP contribution in [0.3, 0.4) is 0 Å². The van der Waals surface area contributed by atoms with Crippen LogP contribution in [0.25, 0.3) is 0 Å². The number of carboxylic acid groups (broad SMARTS) is 3. The minimum absolute atomic E-state index is 0.268. The van der Waals surface area contributed by atoms with Crippen LogP contribution < -0.4 is 0 Å². The molecular formula is C33H62NO6+. The molecule has 3 atom stereocenters. The Balaban J connectivity index is 5.12. The van der Waals surface area contributed by atoms with Gasteiger partial charge in [0.15, 0.2) is 18.1 Å². The molecule has 0 bridgehead atoms. The third kappa shape index (κ3) is 14.1. The maximum absolute atomic E-state index is 12.6. The van der Waals surface area contributed by atoms with Crippen molar-refractivity contribution in [3.63, 3.8) is 0 Å². The van der Waals surface area contributed by atoms with Gasteiger partial charge in [-0.3, -0.25) is 4.48 Å². The third-order valence-electron chi connectivity index (χ3n) is 8.34. The highest BCUT2D eigenvalue weighted by atomic mass is 16.4. The molecule has 3 N–H and O–H groups in total. The van der Waals surface area contributed by atoms with Gasteiger partial charge in [-0.15, -0.1) is 0 Å². The Morgan fingerprint density at radius 3 is 1.15 bits per heavy atom. The lowest BCUT2D eigenvalue weighted by Crippen LogP contribution is -2.72. The Morgan fingerprint density at radius 1 is 0.500 bits per heavy atom. The van der Waals surface area contributed by atoms with Crippen molar-refractivity contribution in [3.8, 4) is 0 Å². The smallest absolute Gasteiger partial charge is 0.362 e. The molecule has 234 valence electrons. The molecule has 0 aliphatic heterocycles. The molecule has 0 fully saturated rings. The van der Waals surface area contributed by atoms with Gasteiger partial charge in [-0.25, -0.2) is 14.4 Å². The van der Waals surface area contributed by atoms with Crippen molar-refractivity contribution in [2.75, 3.05) is 6.54 Å². The minimum atomic E-state index is -1.09. The zero-order valence-electron chi connectivity index (χ0n) is 26.2. The van der Waals surface area contributed by atoms with Crippen molar-refractivity contribution >= 4 is 17.9 Å². The molecule has 40 heavy (non-hydrogen) atoms. The Kier molecular flexibility index (Phi) is 22.7. The monoisotopic (exact) mass is 568 g/mol. The fourth-order valence-electron chi connectivity index (χ4n) is 6.28. The van der Waals surface area contributed by atoms with Gasteiger partial charge in [0, 0.05) is 19.3 Å². The van der Waals surface area contributed by atoms with Crippen molar-refractivity contribution in [1.82, 2.24) is 0 Å². The summed E-state index contributed by atoms with van der Waals surface area (Å²) in [6.07, 6.45) is 23.1. The zero-order chi connectivity index (χ0) is 30.2. The van der Waals surface area contributed by atoms with Crippen molar-refractivity contribution < 1.29 is 34.2 Å². The summed E-state index contributed by atoms with van der Waals surface area (Å²) in [5.41, 5.74) is 0. The SMILES string of the molecule is CCCCCC/C=C/CCCCCCCCCC[N+](C(CCC)C(=O)O)(C(CCC)C(=O)O)C(CCC)C(=O)O. The normalized spacial score (nSPS) is 15.5. The van der Waals surface area contributed by atoms with Crippen LogP contribution in [0.5, 0.6) is 0 Å². The molecule has 0 aromatic heterocycles. The molecule has 0 rings (SSSR count). The fraction of sp³-hybridized carbons (Fsp3) is 0.848. The van der Waals surface area contributed by atoms with E-state index in [1.54, 1.807) is 0 Å². The quantitative estimate of drug-likeness (QED) is 0.0495. The Hall–Kier alpha value is -1.89. The van der Waals surface area contributed by atoms with Crippen molar-refractivity contribution in [2.45, 2.75) is 174 Å². The number of aliphatic carboxylic acids is 3. The number of quaternary nitrogens is 1. The van der Waals surface area contributed by atoms with Gasteiger partial charge in [0.2, 0.25) is 0 Å². The summed E-state index contributed by atoms with van der Waals surface area (Å²) < 4.78 is -0.373. The second-order valence-electron chi connectivity index (χ2n) is 11.6. The number of hydrogen-bond donors (Lipinski definition) is 3. The second-order valence-corrected chi connectivity index (χ2v) is 11.6. The highest BCUT2D eigenvalue weighted by Gasteiger charge is 2.56. The summed E-state index contributed by atoms with van der Waals surface area (Å²) >= 11 is 0. The van der Waals surface area contributed by atoms with E-state index in [1.165, 1.54) is 51.4 Å². The van der Waals surface area contributed by atoms with Crippen LogP contribution in [0.1, 0.15) is 156 Å². The molecular weight excluding hydrogens is 506 g/mol. The molecule has 7 nitrogen and oxygen atoms in total. The van der Waals surface area contributed by atoms with Crippen LogP contribution >= 0.6 is 0 Å². The van der Waals surface area contributed by atoms with Crippen LogP contribution in [0.2, 0.25) is 0 Å². The predicted molar refractivity (Wildman–Crippen MR) is 164 cm³/mol. The molecule has 0 amide bonds. The van der Waals surface area contributed by atoms with Gasteiger partial charge in [-0.05, 0) is 57.8 Å². The standard InChI is InChI=1S/C33H61NO6/c1-5-9-10-11-12-13-14-15-16-17-18-19-20-21-22-23-27-34(28(24-6-2)31(35)36,29(25-7-3)32(37)38)30(26-8-4)33(39)40/h13-14,28-30H,5-12,15-27H2,1-4H3,(H2-,35,36,37,38,39,40)/p+1/b14-13+. The molecule has 7 heteroatoms. The van der Waals surface area contributed by atoms with Gasteiger partial charge < -0.3 is 15.3 Å². The van der Waals surface area contributed by atoms with E-state index in [1.807, 2.05) is 20.8 Å². The van der Waals surface area contributed by atoms with Crippen LogP contribution in [-0.4, -0.2) is 62.4 Å². The van der Waals surface area contributed by atoms with Crippen molar-refractivity contribution in [3.05, 3.63) is 12.2 Å². The van der Waals surface area contributed by atoms with E-state index in [0.717, 1.165) is 32.1 Å². The fourth-order valence-corrected chi connectivity index (χ4v) is 6.28. The summed E-state index contributed by atoms with van der Waals surface area (Å²) in [7, 11) is 0. The summed E-state index contributed by atoms with van der Waals surface area (Å²) in [5, 5.41) is 30.8. The topological polar surface area (TPSA) is 112 Å². The highest BCUT2D eigenvalue weighted by molar-refractivity contribution is 5.78. The maximum atomic E-state index is 12.6. The first kappa shape index (κ1) is 38.1. The summed E-state index contributed by atoms with van der Waals surface area (Å²) in [6, 6.07) is -3.14. The summed E-state index contributed by atoms with van der Waals surface area (Å²) in [5.74, 6) is -3.26. The lowest BCUT2D eigenvalue weighted by Gasteiger charge is -2.50. The summed E-state index contributed by atoms with van der Waals surface area (Å²) in [4.78, 5) is 37.7. The molecule has 0 saturated carbocycles. The maximum Gasteiger partial charge on any atom is 0.362 e. The first-order chi connectivity index (χ1) is 19.2. The Morgan fingerprint density at radius 2 is 0.825 bits per heavy atom. The number of hydrogen-bond acceptors (Lipinski definition) is 3. The van der Waals surface area contributed by atoms with Gasteiger partial charge >= 0.3 is 17.9 Å². The second kappa shape index (κ2) is 23.8. The summed E-state index contributed by atoms with van der Waals surface area (Å²) in [6.45, 7) is 8.14. The highest BCUT2D eigenvalue weighted by Crippen LogP contribution is 2.34. The number of nitrogens with zero attached hydrogens (tertiary/aromatic N) is 1. The molecule has 0 radical (unpaired) electrons. The average Bonchev–Trinajstić information content (AvgIpc) is 2.91. The molecule has 0 spiro atoms. The van der Waals surface area contributed by atoms with Gasteiger partial charge in [0.1, 0.15) is 0 Å². The van der Waals surface area contributed by atoms with Gasteiger partial charge in [-0.1, -0.05) is 91.2 Å². The van der Waals surface area contributed by atoms with Crippen molar-refractivity contribution in [2.24, 2.45) is 0 Å². The van der Waals surface area contributed by atoms with Crippen molar-refractivity contribution in [1.29, 1.82) is 0 Å². The number of unbranched alkanes of at least 4 members (excludes halogenated alkanes) is 12. The number of allylic oxidation sites excluding steroid dienone is 2. The van der Waals surface area contributed by atoms with Crippen LogP contribution in [-0.2, 0) is 14.4 Å². The van der Waals surface area contributed by atoms with E-state index in [4.69, 9.17) is 0 Å². The predicted octanol–water partition coefficient (Wildman–Crippen LogP) is 8.60. The van der Waals surface area contributed by atoms with E-state index in [9.17, 15) is 29.7 Å². The number of carbonyl (C=O) groups is 3. The van der Waals surface area contributed by atoms with E-state index < -0.39 is 36.0 Å². The minimum Gasteiger partial charge on any atom is -0.477 e. The first-order valence-corrected chi connectivity index (χ1v) is 16.4. The molecule has 0 saturated heterocycles. The molecule has 3 unspecified atom stereocenters. The lowest BCUT2D eigenvalue weighted by molar-refractivity contribution is -0.973. The number of rotatable bonds is 28. The van der Waals surface area contributed by atoms with E-state index in [2.05, 4.69) is 19.1 Å². The zero-order valence-corrected chi connectivity index (χ0v) is 26.2. The van der Waals surface area contributed by atoms with Gasteiger partial charge in [0.25, 0.3) is 0 Å². The average molecular weight is 569 g/mol. The molecule has 0 heterocycles. The Labute approximate surface area is 245 Å². The van der Waals surface area contributed by atoms with Crippen LogP contribution in [0.4, 0.5) is 0 Å². The van der Waals surface area contributed by atoms with Crippen LogP contribution in [0.15, 0.2) is 12.2 Å². The van der Waals surface area contributed by atoms with E-state index >= 15 is 0 Å². The van der Waals surface area contributed by atoms with Gasteiger partial charge in [0.05, 0.1) is 6.54 Å². The molecule has 0 aromatic rings.